The highest BCUT2D eigenvalue weighted by molar-refractivity contribution is 5.55. The van der Waals surface area contributed by atoms with Crippen LogP contribution in [0.1, 0.15) is 20.3 Å². The van der Waals surface area contributed by atoms with Gasteiger partial charge in [-0.05, 0) is 38.6 Å². The number of aromatic nitrogens is 1. The van der Waals surface area contributed by atoms with Gasteiger partial charge >= 0.3 is 0 Å². The largest absolute Gasteiger partial charge is 0.476 e. The van der Waals surface area contributed by atoms with Gasteiger partial charge in [0.05, 0.1) is 12.3 Å². The minimum Gasteiger partial charge on any atom is -0.476 e. The van der Waals surface area contributed by atoms with Crippen molar-refractivity contribution < 1.29 is 4.74 Å². The quantitative estimate of drug-likeness (QED) is 0.890. The summed E-state index contributed by atoms with van der Waals surface area (Å²) in [7, 11) is 4.27. The summed E-state index contributed by atoms with van der Waals surface area (Å²) in [5.41, 5.74) is 6.53. The van der Waals surface area contributed by atoms with Crippen LogP contribution in [-0.2, 0) is 0 Å². The molecular weight excluding hydrogens is 252 g/mol. The molecule has 1 aromatic heterocycles. The maximum atomic E-state index is 5.92. The molecule has 1 fully saturated rings. The lowest BCUT2D eigenvalue weighted by Gasteiger charge is -2.22. The number of hydrogen-bond donors (Lipinski definition) is 1. The third kappa shape index (κ3) is 3.15. The Morgan fingerprint density at radius 3 is 2.75 bits per heavy atom. The van der Waals surface area contributed by atoms with Crippen LogP contribution in [0.15, 0.2) is 12.1 Å². The molecule has 1 aromatic rings. The molecule has 112 valence electrons. The second-order valence-corrected chi connectivity index (χ2v) is 5.83. The fourth-order valence-corrected chi connectivity index (χ4v) is 2.74. The number of nitrogens with zero attached hydrogens (tertiary/aromatic N) is 3. The van der Waals surface area contributed by atoms with E-state index in [-0.39, 0.29) is 0 Å². The van der Waals surface area contributed by atoms with Crippen molar-refractivity contribution in [2.24, 2.45) is 5.92 Å². The number of nitrogen functional groups attached to an aromatic ring is 1. The average molecular weight is 278 g/mol. The van der Waals surface area contributed by atoms with Gasteiger partial charge in [-0.3, -0.25) is 0 Å². The summed E-state index contributed by atoms with van der Waals surface area (Å²) >= 11 is 0. The van der Waals surface area contributed by atoms with Gasteiger partial charge in [-0.25, -0.2) is 0 Å². The fraction of sp³-hybridized carbons (Fsp3) is 0.667. The normalized spacial score (nSPS) is 22.6. The molecular formula is C15H26N4O. The van der Waals surface area contributed by atoms with Crippen molar-refractivity contribution in [2.75, 3.05) is 44.4 Å². The highest BCUT2D eigenvalue weighted by Gasteiger charge is 2.31. The molecule has 0 aromatic carbocycles. The first-order chi connectivity index (χ1) is 9.52. The van der Waals surface area contributed by atoms with E-state index in [9.17, 15) is 0 Å². The van der Waals surface area contributed by atoms with Crippen molar-refractivity contribution >= 4 is 11.5 Å². The van der Waals surface area contributed by atoms with Crippen LogP contribution in [0.4, 0.5) is 11.5 Å². The van der Waals surface area contributed by atoms with Gasteiger partial charge in [0.1, 0.15) is 5.82 Å². The Labute approximate surface area is 121 Å². The minimum atomic E-state index is 0.560. The van der Waals surface area contributed by atoms with Crippen molar-refractivity contribution in [3.05, 3.63) is 12.1 Å². The van der Waals surface area contributed by atoms with Gasteiger partial charge in [0.15, 0.2) is 0 Å². The summed E-state index contributed by atoms with van der Waals surface area (Å²) in [6.07, 6.45) is 0.953. The molecule has 2 unspecified atom stereocenters. The smallest absolute Gasteiger partial charge is 0.239 e. The van der Waals surface area contributed by atoms with Gasteiger partial charge in [0.2, 0.25) is 5.88 Å². The van der Waals surface area contributed by atoms with Gasteiger partial charge < -0.3 is 20.3 Å². The van der Waals surface area contributed by atoms with Crippen LogP contribution in [0.25, 0.3) is 0 Å². The first kappa shape index (κ1) is 14.9. The molecule has 0 aliphatic carbocycles. The third-order valence-corrected chi connectivity index (χ3v) is 3.88. The average Bonchev–Trinajstić information content (AvgIpc) is 2.80. The molecule has 0 radical (unpaired) electrons. The molecule has 0 amide bonds. The predicted octanol–water partition coefficient (Wildman–Crippen LogP) is 1.84. The molecule has 1 aliphatic heterocycles. The van der Waals surface area contributed by atoms with Gasteiger partial charge in [0, 0.05) is 19.1 Å². The van der Waals surface area contributed by atoms with E-state index in [4.69, 9.17) is 10.5 Å². The van der Waals surface area contributed by atoms with Gasteiger partial charge in [-0.1, -0.05) is 13.8 Å². The van der Waals surface area contributed by atoms with E-state index in [2.05, 4.69) is 42.7 Å². The minimum absolute atomic E-state index is 0.560. The highest BCUT2D eigenvalue weighted by Crippen LogP contribution is 2.28. The van der Waals surface area contributed by atoms with Crippen LogP contribution in [0.3, 0.4) is 0 Å². The van der Waals surface area contributed by atoms with Crippen LogP contribution in [0.5, 0.6) is 5.88 Å². The van der Waals surface area contributed by atoms with E-state index < -0.39 is 0 Å². The molecule has 0 bridgehead atoms. The first-order valence-corrected chi connectivity index (χ1v) is 7.33. The van der Waals surface area contributed by atoms with Gasteiger partial charge in [0.25, 0.3) is 0 Å². The Morgan fingerprint density at radius 2 is 2.15 bits per heavy atom. The van der Waals surface area contributed by atoms with Gasteiger partial charge in [-0.2, -0.15) is 4.98 Å². The summed E-state index contributed by atoms with van der Waals surface area (Å²) in [6, 6.07) is 4.44. The van der Waals surface area contributed by atoms with Crippen molar-refractivity contribution in [3.8, 4) is 5.88 Å². The zero-order valence-corrected chi connectivity index (χ0v) is 13.0. The van der Waals surface area contributed by atoms with Gasteiger partial charge in [-0.15, -0.1) is 0 Å². The number of anilines is 2. The standard InChI is InChI=1S/C15H26N4O/c1-5-8-20-15-12(16)6-7-14(17-15)19-9-11(2)13(10-19)18(3)4/h6-7,11,13H,5,8-10,16H2,1-4H3. The number of likely N-dealkylation sites (N-methyl/N-ethyl adjacent to an activating group) is 1. The zero-order valence-electron chi connectivity index (χ0n) is 13.0. The van der Waals surface area contributed by atoms with Crippen LogP contribution in [-0.4, -0.2) is 49.7 Å². The molecule has 20 heavy (non-hydrogen) atoms. The summed E-state index contributed by atoms with van der Waals surface area (Å²) in [6.45, 7) is 7.03. The van der Waals surface area contributed by atoms with E-state index in [1.807, 2.05) is 12.1 Å². The number of nitrogens with two attached hydrogens (primary N) is 1. The molecule has 1 aliphatic rings. The molecule has 2 atom stereocenters. The van der Waals surface area contributed by atoms with E-state index in [1.165, 1.54) is 0 Å². The van der Waals surface area contributed by atoms with E-state index in [0.29, 0.717) is 30.1 Å². The lowest BCUT2D eigenvalue weighted by Crippen LogP contribution is -2.34. The molecule has 1 saturated heterocycles. The predicted molar refractivity (Wildman–Crippen MR) is 83.3 cm³/mol. The topological polar surface area (TPSA) is 54.6 Å². The summed E-state index contributed by atoms with van der Waals surface area (Å²) in [5.74, 6) is 2.15. The third-order valence-electron chi connectivity index (χ3n) is 3.88. The first-order valence-electron chi connectivity index (χ1n) is 7.33. The van der Waals surface area contributed by atoms with E-state index in [1.54, 1.807) is 0 Å². The second kappa shape index (κ2) is 6.31. The fourth-order valence-electron chi connectivity index (χ4n) is 2.74. The number of hydrogen-bond acceptors (Lipinski definition) is 5. The number of rotatable bonds is 5. The summed E-state index contributed by atoms with van der Waals surface area (Å²) in [5, 5.41) is 0. The van der Waals surface area contributed by atoms with Crippen molar-refractivity contribution in [1.82, 2.24) is 9.88 Å². The Kier molecular flexibility index (Phi) is 4.70. The maximum absolute atomic E-state index is 5.92. The van der Waals surface area contributed by atoms with E-state index >= 15 is 0 Å². The van der Waals surface area contributed by atoms with Crippen LogP contribution < -0.4 is 15.4 Å². The lowest BCUT2D eigenvalue weighted by atomic mass is 10.1. The zero-order chi connectivity index (χ0) is 14.7. The Bertz CT molecular complexity index is 449. The lowest BCUT2D eigenvalue weighted by molar-refractivity contribution is 0.266. The molecule has 0 spiro atoms. The van der Waals surface area contributed by atoms with Crippen LogP contribution >= 0.6 is 0 Å². The monoisotopic (exact) mass is 278 g/mol. The van der Waals surface area contributed by atoms with Crippen LogP contribution in [0, 0.1) is 5.92 Å². The molecule has 0 saturated carbocycles. The summed E-state index contributed by atoms with van der Waals surface area (Å²) in [4.78, 5) is 9.18. The summed E-state index contributed by atoms with van der Waals surface area (Å²) < 4.78 is 5.61. The van der Waals surface area contributed by atoms with Crippen molar-refractivity contribution in [1.29, 1.82) is 0 Å². The number of pyridine rings is 1. The second-order valence-electron chi connectivity index (χ2n) is 5.83. The van der Waals surface area contributed by atoms with Crippen molar-refractivity contribution in [2.45, 2.75) is 26.3 Å². The Hall–Kier alpha value is -1.49. The number of ether oxygens (including phenoxy) is 1. The molecule has 2 N–H and O–H groups in total. The SMILES string of the molecule is CCCOc1nc(N2CC(C)C(N(C)C)C2)ccc1N. The van der Waals surface area contributed by atoms with Crippen LogP contribution in [0.2, 0.25) is 0 Å². The molecule has 5 heteroatoms. The van der Waals surface area contributed by atoms with E-state index in [0.717, 1.165) is 25.3 Å². The highest BCUT2D eigenvalue weighted by atomic mass is 16.5. The Balaban J connectivity index is 2.13. The maximum Gasteiger partial charge on any atom is 0.239 e. The molecule has 2 rings (SSSR count). The Morgan fingerprint density at radius 1 is 1.40 bits per heavy atom. The molecule has 2 heterocycles. The molecule has 5 nitrogen and oxygen atoms in total. The van der Waals surface area contributed by atoms with Crippen molar-refractivity contribution in [3.63, 3.8) is 0 Å².